The van der Waals surface area contributed by atoms with E-state index in [1.807, 2.05) is 67.6 Å². The van der Waals surface area contributed by atoms with Crippen LogP contribution in [0, 0.1) is 11.7 Å². The predicted octanol–water partition coefficient (Wildman–Crippen LogP) is 9.06. The molecule has 0 spiro atoms. The fraction of sp³-hybridized carbons (Fsp3) is 0.294. The summed E-state index contributed by atoms with van der Waals surface area (Å²) < 4.78 is 61.5. The van der Waals surface area contributed by atoms with E-state index in [2.05, 4.69) is 4.90 Å². The van der Waals surface area contributed by atoms with Gasteiger partial charge >= 0.3 is 6.18 Å². The number of benzene rings is 4. The molecule has 4 aromatic carbocycles. The number of hydrogen-bond donors (Lipinski definition) is 1. The van der Waals surface area contributed by atoms with Crippen molar-refractivity contribution in [2.45, 2.75) is 37.1 Å². The molecule has 0 saturated heterocycles. The van der Waals surface area contributed by atoms with Crippen LogP contribution in [0.15, 0.2) is 95.9 Å². The van der Waals surface area contributed by atoms with Crippen molar-refractivity contribution in [2.75, 3.05) is 26.0 Å². The van der Waals surface area contributed by atoms with Crippen molar-refractivity contribution in [3.05, 3.63) is 130 Å². The Hall–Kier alpha value is -3.04. The second-order valence-electron chi connectivity index (χ2n) is 10.5. The van der Waals surface area contributed by atoms with Crippen molar-refractivity contribution in [3.8, 4) is 5.75 Å². The Morgan fingerprint density at radius 2 is 1.53 bits per heavy atom. The summed E-state index contributed by atoms with van der Waals surface area (Å²) in [6, 6.07) is 26.9. The normalized spacial score (nSPS) is 12.6. The number of thioether (sulfide) groups is 1. The summed E-state index contributed by atoms with van der Waals surface area (Å²) in [5.74, 6) is -0.310. The number of ether oxygens (including phenoxy) is 1. The smallest absolute Gasteiger partial charge is 0.417 e. The Bertz CT molecular complexity index is 1430. The van der Waals surface area contributed by atoms with E-state index in [-0.39, 0.29) is 35.6 Å². The Morgan fingerprint density at radius 1 is 0.907 bits per heavy atom. The third kappa shape index (κ3) is 8.76. The molecule has 0 aliphatic heterocycles. The zero-order chi connectivity index (χ0) is 31.0. The lowest BCUT2D eigenvalue weighted by atomic mass is 9.90. The van der Waals surface area contributed by atoms with E-state index in [0.29, 0.717) is 29.3 Å². The van der Waals surface area contributed by atoms with E-state index < -0.39 is 24.2 Å². The van der Waals surface area contributed by atoms with Gasteiger partial charge < -0.3 is 9.84 Å². The van der Waals surface area contributed by atoms with E-state index in [1.54, 1.807) is 18.4 Å². The van der Waals surface area contributed by atoms with Crippen molar-refractivity contribution < 1.29 is 27.4 Å². The summed E-state index contributed by atoms with van der Waals surface area (Å²) in [6.45, 7) is 3.01. The Labute approximate surface area is 259 Å². The first-order valence-electron chi connectivity index (χ1n) is 13.9. The molecule has 9 heteroatoms. The van der Waals surface area contributed by atoms with Crippen LogP contribution in [-0.2, 0) is 19.3 Å². The molecule has 0 aromatic heterocycles. The molecule has 0 bridgehead atoms. The van der Waals surface area contributed by atoms with Crippen LogP contribution in [0.5, 0.6) is 5.75 Å². The van der Waals surface area contributed by atoms with Gasteiger partial charge in [-0.2, -0.15) is 13.2 Å². The maximum atomic E-state index is 14.5. The highest BCUT2D eigenvalue weighted by Gasteiger charge is 2.34. The average molecular weight is 632 g/mol. The monoisotopic (exact) mass is 631 g/mol. The van der Waals surface area contributed by atoms with Crippen LogP contribution in [0.1, 0.15) is 40.7 Å². The Balaban J connectivity index is 1.61. The van der Waals surface area contributed by atoms with Crippen LogP contribution in [0.4, 0.5) is 17.6 Å². The zero-order valence-corrected chi connectivity index (χ0v) is 25.5. The summed E-state index contributed by atoms with van der Waals surface area (Å²) in [7, 11) is 0. The standard InChI is InChI=1S/C34H34ClF4NO2S/c1-23(22-42-27-16-31(36)29(21-41)32(17-27)43-2)18-40(19-26-14-9-15-30(33(26)35)34(37,38)39)20-28(24-10-5-3-6-11-24)25-12-7-4-8-13-25/h3-17,23,28,41H,18-22H2,1-2H3/t23-/m1/s1. The molecule has 0 saturated carbocycles. The first-order chi connectivity index (χ1) is 20.6. The molecule has 0 radical (unpaired) electrons. The predicted molar refractivity (Wildman–Crippen MR) is 165 cm³/mol. The molecule has 43 heavy (non-hydrogen) atoms. The average Bonchev–Trinajstić information content (AvgIpc) is 2.99. The molecule has 1 atom stereocenters. The largest absolute Gasteiger partial charge is 0.493 e. The lowest BCUT2D eigenvalue weighted by Gasteiger charge is -2.31. The van der Waals surface area contributed by atoms with Crippen LogP contribution in [-0.4, -0.2) is 36.0 Å². The number of nitrogens with zero attached hydrogens (tertiary/aromatic N) is 1. The highest BCUT2D eigenvalue weighted by molar-refractivity contribution is 7.98. The fourth-order valence-electron chi connectivity index (χ4n) is 5.14. The van der Waals surface area contributed by atoms with Gasteiger partial charge in [0.2, 0.25) is 0 Å². The van der Waals surface area contributed by atoms with Crippen molar-refractivity contribution in [1.29, 1.82) is 0 Å². The van der Waals surface area contributed by atoms with E-state index >= 15 is 0 Å². The van der Waals surface area contributed by atoms with Crippen LogP contribution in [0.3, 0.4) is 0 Å². The van der Waals surface area contributed by atoms with Crippen LogP contribution in [0.2, 0.25) is 5.02 Å². The molecular weight excluding hydrogens is 598 g/mol. The van der Waals surface area contributed by atoms with Gasteiger partial charge in [0.15, 0.2) is 0 Å². The zero-order valence-electron chi connectivity index (χ0n) is 24.0. The summed E-state index contributed by atoms with van der Waals surface area (Å²) in [5, 5.41) is 9.20. The molecule has 0 fully saturated rings. The number of alkyl halides is 3. The third-order valence-electron chi connectivity index (χ3n) is 7.23. The molecule has 228 valence electrons. The minimum atomic E-state index is -4.56. The lowest BCUT2D eigenvalue weighted by Crippen LogP contribution is -2.34. The van der Waals surface area contributed by atoms with Gasteiger partial charge in [-0.15, -0.1) is 11.8 Å². The SMILES string of the molecule is CSc1cc(OC[C@H](C)CN(Cc2cccc(C(F)(F)F)c2Cl)CC(c2ccccc2)c2ccccc2)cc(F)c1CO. The Morgan fingerprint density at radius 3 is 2.09 bits per heavy atom. The minimum absolute atomic E-state index is 0.0515. The van der Waals surface area contributed by atoms with E-state index in [0.717, 1.165) is 17.2 Å². The maximum Gasteiger partial charge on any atom is 0.417 e. The highest BCUT2D eigenvalue weighted by atomic mass is 35.5. The molecule has 0 unspecified atom stereocenters. The summed E-state index contributed by atoms with van der Waals surface area (Å²) >= 11 is 7.65. The van der Waals surface area contributed by atoms with Gasteiger partial charge in [-0.1, -0.05) is 91.3 Å². The lowest BCUT2D eigenvalue weighted by molar-refractivity contribution is -0.137. The molecule has 0 amide bonds. The van der Waals surface area contributed by atoms with Gasteiger partial charge in [0.1, 0.15) is 11.6 Å². The van der Waals surface area contributed by atoms with E-state index in [9.17, 15) is 22.7 Å². The second kappa shape index (κ2) is 15.1. The van der Waals surface area contributed by atoms with Gasteiger partial charge in [-0.3, -0.25) is 4.90 Å². The summed E-state index contributed by atoms with van der Waals surface area (Å²) in [4.78, 5) is 2.70. The second-order valence-corrected chi connectivity index (χ2v) is 11.7. The topological polar surface area (TPSA) is 32.7 Å². The van der Waals surface area contributed by atoms with Crippen LogP contribution < -0.4 is 4.74 Å². The van der Waals surface area contributed by atoms with Gasteiger partial charge in [0.25, 0.3) is 0 Å². The van der Waals surface area contributed by atoms with Gasteiger partial charge in [-0.05, 0) is 35.1 Å². The molecule has 4 aromatic rings. The summed E-state index contributed by atoms with van der Waals surface area (Å²) in [5.41, 5.74) is 1.92. The van der Waals surface area contributed by atoms with Gasteiger partial charge in [-0.25, -0.2) is 4.39 Å². The van der Waals surface area contributed by atoms with Crippen molar-refractivity contribution in [2.24, 2.45) is 5.92 Å². The number of hydrogen-bond acceptors (Lipinski definition) is 4. The van der Waals surface area contributed by atoms with Crippen molar-refractivity contribution >= 4 is 23.4 Å². The quantitative estimate of drug-likeness (QED) is 0.118. The van der Waals surface area contributed by atoms with Crippen LogP contribution in [0.25, 0.3) is 0 Å². The molecule has 3 nitrogen and oxygen atoms in total. The highest BCUT2D eigenvalue weighted by Crippen LogP contribution is 2.37. The first kappa shape index (κ1) is 32.9. The van der Waals surface area contributed by atoms with E-state index in [1.165, 1.54) is 23.9 Å². The molecule has 4 rings (SSSR count). The number of aliphatic hydroxyl groups excluding tert-OH is 1. The Kier molecular flexibility index (Phi) is 11.5. The number of rotatable bonds is 13. The summed E-state index contributed by atoms with van der Waals surface area (Å²) in [6.07, 6.45) is -2.76. The van der Waals surface area contributed by atoms with Crippen molar-refractivity contribution in [3.63, 3.8) is 0 Å². The molecular formula is C34H34ClF4NO2S. The minimum Gasteiger partial charge on any atom is -0.493 e. The van der Waals surface area contributed by atoms with Gasteiger partial charge in [0.05, 0.1) is 23.8 Å². The maximum absolute atomic E-state index is 14.5. The first-order valence-corrected chi connectivity index (χ1v) is 15.5. The molecule has 0 heterocycles. The van der Waals surface area contributed by atoms with Crippen molar-refractivity contribution in [1.82, 2.24) is 4.90 Å². The number of halogens is 5. The molecule has 0 aliphatic carbocycles. The van der Waals surface area contributed by atoms with Crippen LogP contribution >= 0.6 is 23.4 Å². The fourth-order valence-corrected chi connectivity index (χ4v) is 6.07. The number of aliphatic hydroxyl groups is 1. The molecule has 0 aliphatic rings. The van der Waals surface area contributed by atoms with E-state index in [4.69, 9.17) is 16.3 Å². The van der Waals surface area contributed by atoms with Gasteiger partial charge in [0, 0.05) is 48.0 Å². The molecule has 1 N–H and O–H groups in total. The third-order valence-corrected chi connectivity index (χ3v) is 8.48.